The summed E-state index contributed by atoms with van der Waals surface area (Å²) in [5, 5.41) is 0. The molecule has 0 aliphatic carbocycles. The maximum atomic E-state index is 12.0. The molecule has 1 rings (SSSR count). The minimum Gasteiger partial charge on any atom is -0.212 e. The summed E-state index contributed by atoms with van der Waals surface area (Å²) in [7, 11) is -3.10. The van der Waals surface area contributed by atoms with Crippen LogP contribution in [0.3, 0.4) is 0 Å². The zero-order valence-electron chi connectivity index (χ0n) is 9.61. The average Bonchev–Trinajstić information content (AvgIpc) is 2.44. The van der Waals surface area contributed by atoms with Crippen LogP contribution in [-0.2, 0) is 10.0 Å². The molecule has 0 bridgehead atoms. The van der Waals surface area contributed by atoms with Crippen LogP contribution in [0.1, 0.15) is 27.2 Å². The molecule has 1 saturated heterocycles. The van der Waals surface area contributed by atoms with Crippen LogP contribution >= 0.6 is 11.6 Å². The monoisotopic (exact) mass is 253 g/mol. The van der Waals surface area contributed by atoms with Crippen LogP contribution in [-0.4, -0.2) is 36.9 Å². The third kappa shape index (κ3) is 3.08. The fourth-order valence-electron chi connectivity index (χ4n) is 2.06. The van der Waals surface area contributed by atoms with Crippen LogP contribution in [0.15, 0.2) is 0 Å². The standard InChI is InChI=1S/C10H20ClNO2S/c1-8(2)7-15(13,14)12-5-4-9(3)10(12)6-11/h8-10H,4-7H2,1-3H3. The van der Waals surface area contributed by atoms with Crippen molar-refractivity contribution in [3.63, 3.8) is 0 Å². The Kier molecular flexibility index (Phi) is 4.44. The van der Waals surface area contributed by atoms with Gasteiger partial charge in [0.1, 0.15) is 0 Å². The summed E-state index contributed by atoms with van der Waals surface area (Å²) < 4.78 is 25.7. The van der Waals surface area contributed by atoms with Crippen LogP contribution in [0.25, 0.3) is 0 Å². The van der Waals surface area contributed by atoms with Crippen molar-refractivity contribution in [2.24, 2.45) is 11.8 Å². The van der Waals surface area contributed by atoms with Crippen LogP contribution in [0.4, 0.5) is 0 Å². The molecule has 0 saturated carbocycles. The molecule has 0 aromatic carbocycles. The van der Waals surface area contributed by atoms with Gasteiger partial charge in [0.05, 0.1) is 5.75 Å². The summed E-state index contributed by atoms with van der Waals surface area (Å²) >= 11 is 5.83. The Bertz CT molecular complexity index is 303. The van der Waals surface area contributed by atoms with Crippen LogP contribution < -0.4 is 0 Å². The molecule has 0 N–H and O–H groups in total. The van der Waals surface area contributed by atoms with Gasteiger partial charge < -0.3 is 0 Å². The maximum absolute atomic E-state index is 12.0. The molecule has 0 aromatic rings. The predicted molar refractivity (Wildman–Crippen MR) is 63.6 cm³/mol. The summed E-state index contributed by atoms with van der Waals surface area (Å²) in [5.41, 5.74) is 0. The molecule has 0 amide bonds. The van der Waals surface area contributed by atoms with Gasteiger partial charge in [-0.15, -0.1) is 11.6 Å². The molecule has 1 aliphatic heterocycles. The number of hydrogen-bond donors (Lipinski definition) is 0. The molecule has 2 unspecified atom stereocenters. The van der Waals surface area contributed by atoms with Crippen molar-refractivity contribution >= 4 is 21.6 Å². The van der Waals surface area contributed by atoms with E-state index >= 15 is 0 Å². The lowest BCUT2D eigenvalue weighted by molar-refractivity contribution is 0.372. The van der Waals surface area contributed by atoms with Gasteiger partial charge in [-0.1, -0.05) is 20.8 Å². The molecule has 5 heteroatoms. The number of rotatable bonds is 4. The molecule has 1 aliphatic rings. The van der Waals surface area contributed by atoms with E-state index in [0.29, 0.717) is 18.3 Å². The van der Waals surface area contributed by atoms with Crippen molar-refractivity contribution in [3.05, 3.63) is 0 Å². The van der Waals surface area contributed by atoms with Gasteiger partial charge in [0.2, 0.25) is 10.0 Å². The first-order chi connectivity index (χ1) is 6.88. The third-order valence-corrected chi connectivity index (χ3v) is 5.46. The van der Waals surface area contributed by atoms with E-state index in [-0.39, 0.29) is 17.7 Å². The molecular weight excluding hydrogens is 234 g/mol. The van der Waals surface area contributed by atoms with E-state index in [9.17, 15) is 8.42 Å². The van der Waals surface area contributed by atoms with Crippen molar-refractivity contribution < 1.29 is 8.42 Å². The number of halogens is 1. The van der Waals surface area contributed by atoms with E-state index in [1.165, 1.54) is 0 Å². The summed E-state index contributed by atoms with van der Waals surface area (Å²) in [6, 6.07) is -0.00424. The molecule has 0 spiro atoms. The second kappa shape index (κ2) is 5.02. The van der Waals surface area contributed by atoms with Crippen molar-refractivity contribution in [1.82, 2.24) is 4.31 Å². The zero-order chi connectivity index (χ0) is 11.6. The van der Waals surface area contributed by atoms with Gasteiger partial charge in [-0.05, 0) is 18.3 Å². The van der Waals surface area contributed by atoms with E-state index < -0.39 is 10.0 Å². The van der Waals surface area contributed by atoms with E-state index in [4.69, 9.17) is 11.6 Å². The highest BCUT2D eigenvalue weighted by Gasteiger charge is 2.38. The van der Waals surface area contributed by atoms with Crippen LogP contribution in [0.2, 0.25) is 0 Å². The number of sulfonamides is 1. The first-order valence-corrected chi connectivity index (χ1v) is 7.58. The second-order valence-electron chi connectivity index (χ2n) is 4.77. The first-order valence-electron chi connectivity index (χ1n) is 5.44. The van der Waals surface area contributed by atoms with E-state index in [1.54, 1.807) is 4.31 Å². The van der Waals surface area contributed by atoms with Crippen molar-refractivity contribution in [2.45, 2.75) is 33.2 Å². The largest absolute Gasteiger partial charge is 0.214 e. The Morgan fingerprint density at radius 1 is 1.47 bits per heavy atom. The molecule has 2 atom stereocenters. The van der Waals surface area contributed by atoms with Crippen molar-refractivity contribution in [2.75, 3.05) is 18.2 Å². The Hall–Kier alpha value is 0.200. The van der Waals surface area contributed by atoms with E-state index in [0.717, 1.165) is 6.42 Å². The molecule has 15 heavy (non-hydrogen) atoms. The molecule has 0 aromatic heterocycles. The lowest BCUT2D eigenvalue weighted by Crippen LogP contribution is -2.40. The first kappa shape index (κ1) is 13.3. The SMILES string of the molecule is CC(C)CS(=O)(=O)N1CCC(C)C1CCl. The molecule has 1 fully saturated rings. The zero-order valence-corrected chi connectivity index (χ0v) is 11.2. The lowest BCUT2D eigenvalue weighted by atomic mass is 10.1. The third-order valence-electron chi connectivity index (χ3n) is 2.89. The molecular formula is C10H20ClNO2S. The fourth-order valence-corrected chi connectivity index (χ4v) is 4.73. The summed E-state index contributed by atoms with van der Waals surface area (Å²) in [6.45, 7) is 6.55. The summed E-state index contributed by atoms with van der Waals surface area (Å²) in [4.78, 5) is 0. The Morgan fingerprint density at radius 3 is 2.53 bits per heavy atom. The fraction of sp³-hybridized carbons (Fsp3) is 1.00. The topological polar surface area (TPSA) is 37.4 Å². The number of alkyl halides is 1. The molecule has 3 nitrogen and oxygen atoms in total. The van der Waals surface area contributed by atoms with Crippen LogP contribution in [0, 0.1) is 11.8 Å². The second-order valence-corrected chi connectivity index (χ2v) is 7.05. The summed E-state index contributed by atoms with van der Waals surface area (Å²) in [6.07, 6.45) is 0.925. The number of nitrogens with zero attached hydrogens (tertiary/aromatic N) is 1. The normalized spacial score (nSPS) is 28.9. The highest BCUT2D eigenvalue weighted by molar-refractivity contribution is 7.89. The molecule has 1 heterocycles. The van der Waals surface area contributed by atoms with Gasteiger partial charge >= 0.3 is 0 Å². The molecule has 0 radical (unpaired) electrons. The minimum atomic E-state index is -3.10. The van der Waals surface area contributed by atoms with Gasteiger partial charge in [-0.3, -0.25) is 0 Å². The van der Waals surface area contributed by atoms with Gasteiger partial charge in [-0.2, -0.15) is 4.31 Å². The summed E-state index contributed by atoms with van der Waals surface area (Å²) in [5.74, 6) is 1.18. The Labute approximate surface area is 97.8 Å². The van der Waals surface area contributed by atoms with E-state index in [1.807, 2.05) is 13.8 Å². The highest BCUT2D eigenvalue weighted by Crippen LogP contribution is 2.28. The lowest BCUT2D eigenvalue weighted by Gasteiger charge is -2.25. The van der Waals surface area contributed by atoms with Gasteiger partial charge in [0, 0.05) is 18.5 Å². The Morgan fingerprint density at radius 2 is 2.07 bits per heavy atom. The Balaban J connectivity index is 2.79. The van der Waals surface area contributed by atoms with Gasteiger partial charge in [0.25, 0.3) is 0 Å². The van der Waals surface area contributed by atoms with Gasteiger partial charge in [0.15, 0.2) is 0 Å². The minimum absolute atomic E-state index is 0.00424. The number of hydrogen-bond acceptors (Lipinski definition) is 2. The average molecular weight is 254 g/mol. The van der Waals surface area contributed by atoms with Crippen LogP contribution in [0.5, 0.6) is 0 Å². The molecule has 90 valence electrons. The smallest absolute Gasteiger partial charge is 0.212 e. The van der Waals surface area contributed by atoms with Crippen molar-refractivity contribution in [3.8, 4) is 0 Å². The van der Waals surface area contributed by atoms with E-state index in [2.05, 4.69) is 6.92 Å². The quantitative estimate of drug-likeness (QED) is 0.718. The van der Waals surface area contributed by atoms with Crippen molar-refractivity contribution in [1.29, 1.82) is 0 Å². The highest BCUT2D eigenvalue weighted by atomic mass is 35.5. The predicted octanol–water partition coefficient (Wildman–Crippen LogP) is 1.92. The van der Waals surface area contributed by atoms with Gasteiger partial charge in [-0.25, -0.2) is 8.42 Å². The maximum Gasteiger partial charge on any atom is 0.214 e.